The minimum Gasteiger partial charge on any atom is -0.481 e. The Labute approximate surface area is 107 Å². The first-order valence-electron chi connectivity index (χ1n) is 5.92. The Balaban J connectivity index is 2.62. The van der Waals surface area contributed by atoms with Crippen LogP contribution in [0.25, 0.3) is 0 Å². The Morgan fingerprint density at radius 2 is 2.24 bits per heavy atom. The van der Waals surface area contributed by atoms with Gasteiger partial charge in [-0.15, -0.1) is 11.8 Å². The molecule has 0 aliphatic heterocycles. The van der Waals surface area contributed by atoms with Crippen molar-refractivity contribution in [1.82, 2.24) is 0 Å². The van der Waals surface area contributed by atoms with Crippen molar-refractivity contribution in [2.24, 2.45) is 17.3 Å². The number of hydrogen-bond acceptors (Lipinski definition) is 3. The summed E-state index contributed by atoms with van der Waals surface area (Å²) in [6, 6.07) is 2.16. The summed E-state index contributed by atoms with van der Waals surface area (Å²) >= 11 is 1.54. The average Bonchev–Trinajstić information content (AvgIpc) is 2.79. The molecular weight excluding hydrogens is 234 g/mol. The highest BCUT2D eigenvalue weighted by Crippen LogP contribution is 2.59. The molecule has 0 aromatic rings. The van der Waals surface area contributed by atoms with Crippen molar-refractivity contribution in [3.8, 4) is 6.07 Å². The lowest BCUT2D eigenvalue weighted by atomic mass is 10.1. The van der Waals surface area contributed by atoms with Gasteiger partial charge in [0.2, 0.25) is 0 Å². The molecular formula is C13H19NO2S. The standard InChI is InChI=1S/C13H19NO2S/c1-4-5-6-17-9(8-14)7-10-11(12(15)16)13(10,2)3/h7,10-11H,4-6H2,1-3H3,(H,15,16)/b9-7+/t10?,11-/m0/s1. The van der Waals surface area contributed by atoms with Gasteiger partial charge in [0.1, 0.15) is 6.07 Å². The third-order valence-electron chi connectivity index (χ3n) is 3.37. The van der Waals surface area contributed by atoms with Crippen LogP contribution < -0.4 is 0 Å². The maximum absolute atomic E-state index is 11.0. The second kappa shape index (κ2) is 5.59. The summed E-state index contributed by atoms with van der Waals surface area (Å²) in [5, 5.41) is 18.1. The van der Waals surface area contributed by atoms with Gasteiger partial charge < -0.3 is 5.11 Å². The van der Waals surface area contributed by atoms with Gasteiger partial charge in [-0.2, -0.15) is 5.26 Å². The molecule has 0 aromatic carbocycles. The van der Waals surface area contributed by atoms with Gasteiger partial charge in [-0.05, 0) is 23.5 Å². The lowest BCUT2D eigenvalue weighted by Gasteiger charge is -1.99. The SMILES string of the molecule is CCCCS/C(C#N)=C/C1[C@@H](C(=O)O)C1(C)C. The van der Waals surface area contributed by atoms with Crippen LogP contribution in [0, 0.1) is 28.6 Å². The van der Waals surface area contributed by atoms with E-state index in [-0.39, 0.29) is 17.3 Å². The van der Waals surface area contributed by atoms with Crippen molar-refractivity contribution in [3.05, 3.63) is 11.0 Å². The highest BCUT2D eigenvalue weighted by Gasteiger charge is 2.61. The minimum absolute atomic E-state index is 0.00350. The van der Waals surface area contributed by atoms with Crippen LogP contribution >= 0.6 is 11.8 Å². The van der Waals surface area contributed by atoms with Gasteiger partial charge in [0.15, 0.2) is 0 Å². The topological polar surface area (TPSA) is 61.1 Å². The summed E-state index contributed by atoms with van der Waals surface area (Å²) in [6.07, 6.45) is 4.04. The van der Waals surface area contributed by atoms with Crippen molar-refractivity contribution in [1.29, 1.82) is 5.26 Å². The fourth-order valence-corrected chi connectivity index (χ4v) is 3.03. The van der Waals surface area contributed by atoms with Gasteiger partial charge in [-0.3, -0.25) is 4.79 Å². The van der Waals surface area contributed by atoms with E-state index in [1.165, 1.54) is 11.8 Å². The van der Waals surface area contributed by atoms with Crippen LogP contribution in [0.1, 0.15) is 33.6 Å². The molecule has 0 bridgehead atoms. The van der Waals surface area contributed by atoms with Gasteiger partial charge >= 0.3 is 5.97 Å². The van der Waals surface area contributed by atoms with Crippen LogP contribution in [0.3, 0.4) is 0 Å². The number of carboxylic acid groups (broad SMARTS) is 1. The summed E-state index contributed by atoms with van der Waals surface area (Å²) in [5.74, 6) is -0.158. The third-order valence-corrected chi connectivity index (χ3v) is 4.40. The van der Waals surface area contributed by atoms with Gasteiger partial charge in [0.25, 0.3) is 0 Å². The zero-order valence-corrected chi connectivity index (χ0v) is 11.4. The molecule has 1 saturated carbocycles. The predicted octanol–water partition coefficient (Wildman–Crippen LogP) is 3.28. The van der Waals surface area contributed by atoms with E-state index in [1.54, 1.807) is 0 Å². The number of thioether (sulfide) groups is 1. The monoisotopic (exact) mass is 253 g/mol. The molecule has 0 amide bonds. The van der Waals surface area contributed by atoms with E-state index < -0.39 is 5.97 Å². The van der Waals surface area contributed by atoms with E-state index in [1.807, 2.05) is 19.9 Å². The fourth-order valence-electron chi connectivity index (χ4n) is 2.07. The smallest absolute Gasteiger partial charge is 0.307 e. The van der Waals surface area contributed by atoms with Crippen LogP contribution in [0.15, 0.2) is 11.0 Å². The molecule has 0 aromatic heterocycles. The van der Waals surface area contributed by atoms with Crippen LogP contribution in [0.5, 0.6) is 0 Å². The molecule has 0 spiro atoms. The molecule has 1 rings (SSSR count). The van der Waals surface area contributed by atoms with Gasteiger partial charge in [0, 0.05) is 0 Å². The van der Waals surface area contributed by atoms with Crippen molar-refractivity contribution in [3.63, 3.8) is 0 Å². The summed E-state index contributed by atoms with van der Waals surface area (Å²) in [7, 11) is 0. The number of allylic oxidation sites excluding steroid dienone is 2. The summed E-state index contributed by atoms with van der Waals surface area (Å²) in [5.41, 5.74) is -0.209. The first-order valence-corrected chi connectivity index (χ1v) is 6.91. The molecule has 0 heterocycles. The maximum atomic E-state index is 11.0. The Morgan fingerprint density at radius 1 is 1.59 bits per heavy atom. The number of nitriles is 1. The average molecular weight is 253 g/mol. The zero-order chi connectivity index (χ0) is 13.1. The largest absolute Gasteiger partial charge is 0.481 e. The Bertz CT molecular complexity index is 368. The number of rotatable bonds is 6. The summed E-state index contributed by atoms with van der Waals surface area (Å²) < 4.78 is 0. The van der Waals surface area contributed by atoms with Gasteiger partial charge in [-0.25, -0.2) is 0 Å². The molecule has 1 aliphatic rings. The number of carboxylic acids is 1. The van der Waals surface area contributed by atoms with Crippen molar-refractivity contribution in [2.75, 3.05) is 5.75 Å². The van der Waals surface area contributed by atoms with Crippen LogP contribution in [-0.4, -0.2) is 16.8 Å². The van der Waals surface area contributed by atoms with Crippen molar-refractivity contribution < 1.29 is 9.90 Å². The second-order valence-corrected chi connectivity index (χ2v) is 6.14. The molecule has 3 nitrogen and oxygen atoms in total. The number of aliphatic carboxylic acids is 1. The van der Waals surface area contributed by atoms with E-state index in [2.05, 4.69) is 13.0 Å². The van der Waals surface area contributed by atoms with Crippen LogP contribution in [-0.2, 0) is 4.79 Å². The quantitative estimate of drug-likeness (QED) is 0.583. The van der Waals surface area contributed by atoms with E-state index in [9.17, 15) is 4.79 Å². The van der Waals surface area contributed by atoms with E-state index in [0.717, 1.165) is 18.6 Å². The number of hydrogen-bond donors (Lipinski definition) is 1. The Hall–Kier alpha value is -0.950. The molecule has 1 fully saturated rings. The molecule has 1 aliphatic carbocycles. The highest BCUT2D eigenvalue weighted by molar-refractivity contribution is 8.03. The van der Waals surface area contributed by atoms with Crippen molar-refractivity contribution >= 4 is 17.7 Å². The van der Waals surface area contributed by atoms with E-state index in [0.29, 0.717) is 4.91 Å². The fraction of sp³-hybridized carbons (Fsp3) is 0.692. The number of nitrogens with zero attached hydrogens (tertiary/aromatic N) is 1. The summed E-state index contributed by atoms with van der Waals surface area (Å²) in [4.78, 5) is 11.7. The van der Waals surface area contributed by atoms with E-state index >= 15 is 0 Å². The Morgan fingerprint density at radius 3 is 2.65 bits per heavy atom. The highest BCUT2D eigenvalue weighted by atomic mass is 32.2. The zero-order valence-electron chi connectivity index (χ0n) is 10.6. The molecule has 4 heteroatoms. The molecule has 1 N–H and O–H groups in total. The molecule has 1 unspecified atom stereocenters. The minimum atomic E-state index is -0.757. The van der Waals surface area contributed by atoms with Crippen LogP contribution in [0.2, 0.25) is 0 Å². The van der Waals surface area contributed by atoms with Crippen LogP contribution in [0.4, 0.5) is 0 Å². The molecule has 94 valence electrons. The number of unbranched alkanes of at least 4 members (excludes halogenated alkanes) is 1. The van der Waals surface area contributed by atoms with Crippen molar-refractivity contribution in [2.45, 2.75) is 33.6 Å². The lowest BCUT2D eigenvalue weighted by molar-refractivity contribution is -0.139. The second-order valence-electron chi connectivity index (χ2n) is 5.01. The van der Waals surface area contributed by atoms with Gasteiger partial charge in [0.05, 0.1) is 10.8 Å². The third kappa shape index (κ3) is 3.26. The van der Waals surface area contributed by atoms with E-state index in [4.69, 9.17) is 10.4 Å². The first kappa shape index (κ1) is 14.1. The molecule has 0 saturated heterocycles. The molecule has 17 heavy (non-hydrogen) atoms. The lowest BCUT2D eigenvalue weighted by Crippen LogP contribution is -2.03. The first-order chi connectivity index (χ1) is 7.95. The molecule has 0 radical (unpaired) electrons. The summed E-state index contributed by atoms with van der Waals surface area (Å²) in [6.45, 7) is 6.00. The maximum Gasteiger partial charge on any atom is 0.307 e. The van der Waals surface area contributed by atoms with Gasteiger partial charge in [-0.1, -0.05) is 33.3 Å². The number of carbonyl (C=O) groups is 1. The predicted molar refractivity (Wildman–Crippen MR) is 69.5 cm³/mol. The normalized spacial score (nSPS) is 26.4. The Kier molecular flexibility index (Phi) is 4.64. The molecule has 2 atom stereocenters.